The third kappa shape index (κ3) is 3.39. The fraction of sp³-hybridized carbons (Fsp3) is 0.500. The minimum atomic E-state index is -0.702. The molecule has 4 heteroatoms. The van der Waals surface area contributed by atoms with Crippen molar-refractivity contribution in [3.05, 3.63) is 24.3 Å². The average Bonchev–Trinajstić information content (AvgIpc) is 2.38. The highest BCUT2D eigenvalue weighted by Gasteiger charge is 2.16. The molecule has 0 bridgehead atoms. The van der Waals surface area contributed by atoms with E-state index >= 15 is 0 Å². The first kappa shape index (κ1) is 12.7. The number of carboxylic acid groups (broad SMARTS) is 1. The molecular formula is C14H19NO3. The zero-order valence-electron chi connectivity index (χ0n) is 10.5. The standard InChI is InChI=1S/C14H19NO3/c16-14(17)8-2-1-5-9-15-10-11-18-13-7-4-3-6-12(13)15/h3-4,6-7H,1-2,5,8-11H2,(H,16,17). The second-order valence-corrected chi connectivity index (χ2v) is 4.51. The quantitative estimate of drug-likeness (QED) is 0.787. The fourth-order valence-electron chi connectivity index (χ4n) is 2.21. The first-order chi connectivity index (χ1) is 8.77. The molecule has 0 spiro atoms. The number of hydrogen-bond donors (Lipinski definition) is 1. The molecule has 1 N–H and O–H groups in total. The largest absolute Gasteiger partial charge is 0.490 e. The average molecular weight is 249 g/mol. The van der Waals surface area contributed by atoms with Crippen LogP contribution in [0.2, 0.25) is 0 Å². The lowest BCUT2D eigenvalue weighted by Crippen LogP contribution is -2.33. The summed E-state index contributed by atoms with van der Waals surface area (Å²) in [7, 11) is 0. The third-order valence-electron chi connectivity index (χ3n) is 3.14. The summed E-state index contributed by atoms with van der Waals surface area (Å²) in [5.74, 6) is 0.251. The summed E-state index contributed by atoms with van der Waals surface area (Å²) in [6, 6.07) is 8.07. The van der Waals surface area contributed by atoms with Crippen molar-refractivity contribution in [2.75, 3.05) is 24.6 Å². The predicted octanol–water partition coefficient (Wildman–Crippen LogP) is 2.53. The van der Waals surface area contributed by atoms with Crippen molar-refractivity contribution in [2.24, 2.45) is 0 Å². The van der Waals surface area contributed by atoms with Crippen LogP contribution in [0.5, 0.6) is 5.75 Å². The maximum atomic E-state index is 10.4. The van der Waals surface area contributed by atoms with E-state index in [1.54, 1.807) is 0 Å². The first-order valence-corrected chi connectivity index (χ1v) is 6.46. The minimum absolute atomic E-state index is 0.277. The number of carbonyl (C=O) groups is 1. The van der Waals surface area contributed by atoms with Crippen LogP contribution in [0.25, 0.3) is 0 Å². The molecule has 0 amide bonds. The molecule has 0 fully saturated rings. The Morgan fingerprint density at radius 3 is 2.94 bits per heavy atom. The molecule has 1 aromatic carbocycles. The number of unbranched alkanes of at least 4 members (excludes halogenated alkanes) is 2. The van der Waals surface area contributed by atoms with Gasteiger partial charge in [-0.3, -0.25) is 4.79 Å². The molecule has 0 radical (unpaired) electrons. The molecule has 0 atom stereocenters. The van der Waals surface area contributed by atoms with Gasteiger partial charge in [0.2, 0.25) is 0 Å². The normalized spacial score (nSPS) is 13.9. The van der Waals surface area contributed by atoms with Crippen LogP contribution in [0.1, 0.15) is 25.7 Å². The summed E-state index contributed by atoms with van der Waals surface area (Å²) in [5.41, 5.74) is 1.15. The van der Waals surface area contributed by atoms with E-state index in [9.17, 15) is 4.79 Å². The van der Waals surface area contributed by atoms with Crippen molar-refractivity contribution in [1.29, 1.82) is 0 Å². The monoisotopic (exact) mass is 249 g/mol. The number of rotatable bonds is 6. The van der Waals surface area contributed by atoms with Gasteiger partial charge in [-0.1, -0.05) is 18.6 Å². The number of carboxylic acids is 1. The van der Waals surface area contributed by atoms with Gasteiger partial charge in [-0.25, -0.2) is 0 Å². The van der Waals surface area contributed by atoms with Crippen molar-refractivity contribution < 1.29 is 14.6 Å². The zero-order valence-corrected chi connectivity index (χ0v) is 10.5. The molecular weight excluding hydrogens is 230 g/mol. The molecule has 0 saturated heterocycles. The van der Waals surface area contributed by atoms with Crippen molar-refractivity contribution in [1.82, 2.24) is 0 Å². The van der Waals surface area contributed by atoms with Crippen molar-refractivity contribution in [3.63, 3.8) is 0 Å². The summed E-state index contributed by atoms with van der Waals surface area (Å²) >= 11 is 0. The number of hydrogen-bond acceptors (Lipinski definition) is 3. The van der Waals surface area contributed by atoms with Crippen LogP contribution in [0.15, 0.2) is 24.3 Å². The molecule has 18 heavy (non-hydrogen) atoms. The van der Waals surface area contributed by atoms with E-state index in [-0.39, 0.29) is 6.42 Å². The van der Waals surface area contributed by atoms with E-state index in [2.05, 4.69) is 11.0 Å². The van der Waals surface area contributed by atoms with E-state index in [1.807, 2.05) is 18.2 Å². The number of ether oxygens (including phenoxy) is 1. The molecule has 0 aliphatic carbocycles. The van der Waals surface area contributed by atoms with Crippen LogP contribution in [0, 0.1) is 0 Å². The van der Waals surface area contributed by atoms with E-state index in [0.29, 0.717) is 0 Å². The van der Waals surface area contributed by atoms with E-state index < -0.39 is 5.97 Å². The maximum absolute atomic E-state index is 10.4. The lowest BCUT2D eigenvalue weighted by molar-refractivity contribution is -0.137. The van der Waals surface area contributed by atoms with E-state index in [1.165, 1.54) is 0 Å². The Labute approximate surface area is 107 Å². The second kappa shape index (κ2) is 6.28. The van der Waals surface area contributed by atoms with Gasteiger partial charge in [0.1, 0.15) is 12.4 Å². The molecule has 98 valence electrons. The van der Waals surface area contributed by atoms with Gasteiger partial charge >= 0.3 is 5.97 Å². The first-order valence-electron chi connectivity index (χ1n) is 6.46. The van der Waals surface area contributed by atoms with Crippen LogP contribution in [0.4, 0.5) is 5.69 Å². The minimum Gasteiger partial charge on any atom is -0.490 e. The molecule has 0 aromatic heterocycles. The summed E-state index contributed by atoms with van der Waals surface area (Å²) in [6.45, 7) is 2.61. The van der Waals surface area contributed by atoms with Crippen LogP contribution in [-0.4, -0.2) is 30.8 Å². The molecule has 1 aliphatic rings. The Morgan fingerprint density at radius 1 is 1.28 bits per heavy atom. The molecule has 0 unspecified atom stereocenters. The lowest BCUT2D eigenvalue weighted by Gasteiger charge is -2.31. The van der Waals surface area contributed by atoms with Gasteiger partial charge < -0.3 is 14.7 Å². The number of aliphatic carboxylic acids is 1. The van der Waals surface area contributed by atoms with Crippen LogP contribution >= 0.6 is 0 Å². The molecule has 0 saturated carbocycles. The zero-order chi connectivity index (χ0) is 12.8. The molecule has 1 heterocycles. The smallest absolute Gasteiger partial charge is 0.303 e. The molecule has 1 aliphatic heterocycles. The highest BCUT2D eigenvalue weighted by Crippen LogP contribution is 2.30. The van der Waals surface area contributed by atoms with Crippen molar-refractivity contribution in [3.8, 4) is 5.75 Å². The van der Waals surface area contributed by atoms with Gasteiger partial charge in [0.05, 0.1) is 12.2 Å². The number of para-hydroxylation sites is 2. The summed E-state index contributed by atoms with van der Waals surface area (Å²) in [5, 5.41) is 8.56. The number of benzene rings is 1. The SMILES string of the molecule is O=C(O)CCCCCN1CCOc2ccccc21. The van der Waals surface area contributed by atoms with Gasteiger partial charge in [-0.05, 0) is 25.0 Å². The van der Waals surface area contributed by atoms with Crippen LogP contribution in [0.3, 0.4) is 0 Å². The van der Waals surface area contributed by atoms with Crippen LogP contribution in [-0.2, 0) is 4.79 Å². The van der Waals surface area contributed by atoms with Gasteiger partial charge in [-0.15, -0.1) is 0 Å². The van der Waals surface area contributed by atoms with Crippen LogP contribution < -0.4 is 9.64 Å². The summed E-state index contributed by atoms with van der Waals surface area (Å²) in [4.78, 5) is 12.7. The van der Waals surface area contributed by atoms with Gasteiger partial charge in [0.25, 0.3) is 0 Å². The maximum Gasteiger partial charge on any atom is 0.303 e. The second-order valence-electron chi connectivity index (χ2n) is 4.51. The lowest BCUT2D eigenvalue weighted by atomic mass is 10.1. The Bertz CT molecular complexity index is 406. The van der Waals surface area contributed by atoms with Gasteiger partial charge in [-0.2, -0.15) is 0 Å². The highest BCUT2D eigenvalue weighted by atomic mass is 16.5. The fourth-order valence-corrected chi connectivity index (χ4v) is 2.21. The van der Waals surface area contributed by atoms with Gasteiger partial charge in [0, 0.05) is 13.0 Å². The Morgan fingerprint density at radius 2 is 2.11 bits per heavy atom. The molecule has 1 aromatic rings. The van der Waals surface area contributed by atoms with Crippen molar-refractivity contribution in [2.45, 2.75) is 25.7 Å². The van der Waals surface area contributed by atoms with E-state index in [0.717, 1.165) is 50.4 Å². The molecule has 2 rings (SSSR count). The Balaban J connectivity index is 1.79. The summed E-state index contributed by atoms with van der Waals surface area (Å²) in [6.07, 6.45) is 3.04. The topological polar surface area (TPSA) is 49.8 Å². The third-order valence-corrected chi connectivity index (χ3v) is 3.14. The number of fused-ring (bicyclic) bond motifs is 1. The van der Waals surface area contributed by atoms with Crippen molar-refractivity contribution >= 4 is 11.7 Å². The Hall–Kier alpha value is -1.71. The predicted molar refractivity (Wildman–Crippen MR) is 70.3 cm³/mol. The van der Waals surface area contributed by atoms with E-state index in [4.69, 9.17) is 9.84 Å². The number of nitrogens with zero attached hydrogens (tertiary/aromatic N) is 1. The Kier molecular flexibility index (Phi) is 4.45. The molecule has 4 nitrogen and oxygen atoms in total. The highest BCUT2D eigenvalue weighted by molar-refractivity contribution is 5.66. The number of anilines is 1. The summed E-state index contributed by atoms with van der Waals surface area (Å²) < 4.78 is 5.59. The van der Waals surface area contributed by atoms with Gasteiger partial charge in [0.15, 0.2) is 0 Å².